The maximum Gasteiger partial charge on any atom is 0.247 e. The van der Waals surface area contributed by atoms with E-state index in [0.29, 0.717) is 18.0 Å². The van der Waals surface area contributed by atoms with Crippen LogP contribution in [-0.2, 0) is 9.59 Å². The molecule has 104 valence electrons. The van der Waals surface area contributed by atoms with Gasteiger partial charge in [0.05, 0.1) is 10.9 Å². The van der Waals surface area contributed by atoms with E-state index >= 15 is 0 Å². The Morgan fingerprint density at radius 3 is 2.68 bits per heavy atom. The van der Waals surface area contributed by atoms with Gasteiger partial charge in [0.15, 0.2) is 0 Å². The summed E-state index contributed by atoms with van der Waals surface area (Å²) in [6, 6.07) is 7.44. The molecule has 1 aromatic carbocycles. The van der Waals surface area contributed by atoms with Gasteiger partial charge in [-0.15, -0.1) is 24.2 Å². The third-order valence-electron chi connectivity index (χ3n) is 2.90. The number of thioether (sulfide) groups is 1. The van der Waals surface area contributed by atoms with E-state index in [2.05, 4.69) is 0 Å². The average molecular weight is 301 g/mol. The minimum absolute atomic E-state index is 0. The van der Waals surface area contributed by atoms with E-state index in [1.807, 2.05) is 25.1 Å². The highest BCUT2D eigenvalue weighted by molar-refractivity contribution is 8.00. The van der Waals surface area contributed by atoms with Crippen molar-refractivity contribution >= 4 is 41.7 Å². The van der Waals surface area contributed by atoms with Gasteiger partial charge in [-0.1, -0.05) is 18.2 Å². The summed E-state index contributed by atoms with van der Waals surface area (Å²) in [5.41, 5.74) is 7.06. The first-order valence-electron chi connectivity index (χ1n) is 5.89. The van der Waals surface area contributed by atoms with Crippen LogP contribution >= 0.6 is 24.2 Å². The van der Waals surface area contributed by atoms with E-state index in [9.17, 15) is 9.59 Å². The number of carbonyl (C=O) groups excluding carboxylic acids is 2. The molecule has 1 aliphatic rings. The fraction of sp³-hybridized carbons (Fsp3) is 0.385. The van der Waals surface area contributed by atoms with E-state index in [-0.39, 0.29) is 35.9 Å². The number of aryl methyl sites for hydroxylation is 1. The summed E-state index contributed by atoms with van der Waals surface area (Å²) < 4.78 is 0. The van der Waals surface area contributed by atoms with Gasteiger partial charge in [-0.25, -0.2) is 4.90 Å². The van der Waals surface area contributed by atoms with Crippen LogP contribution in [-0.4, -0.2) is 29.4 Å². The highest BCUT2D eigenvalue weighted by atomic mass is 35.5. The lowest BCUT2D eigenvalue weighted by Crippen LogP contribution is -2.31. The smallest absolute Gasteiger partial charge is 0.247 e. The first-order chi connectivity index (χ1) is 8.65. The zero-order chi connectivity index (χ0) is 13.1. The largest absolute Gasteiger partial charge is 0.330 e. The first kappa shape index (κ1) is 16.0. The molecule has 6 heteroatoms. The van der Waals surface area contributed by atoms with Gasteiger partial charge < -0.3 is 5.73 Å². The fourth-order valence-corrected chi connectivity index (χ4v) is 2.94. The number of nitrogens with zero attached hydrogens (tertiary/aromatic N) is 1. The number of imide groups is 1. The summed E-state index contributed by atoms with van der Waals surface area (Å²) in [4.78, 5) is 25.5. The van der Waals surface area contributed by atoms with Crippen molar-refractivity contribution in [2.24, 2.45) is 5.73 Å². The van der Waals surface area contributed by atoms with Gasteiger partial charge in [-0.05, 0) is 18.6 Å². The van der Waals surface area contributed by atoms with E-state index in [4.69, 9.17) is 5.73 Å². The van der Waals surface area contributed by atoms with Gasteiger partial charge >= 0.3 is 0 Å². The molecule has 19 heavy (non-hydrogen) atoms. The predicted molar refractivity (Wildman–Crippen MR) is 80.8 cm³/mol. The molecule has 0 aromatic heterocycles. The first-order valence-corrected chi connectivity index (χ1v) is 6.94. The van der Waals surface area contributed by atoms with Crippen LogP contribution in [0.25, 0.3) is 0 Å². The number of halogens is 1. The van der Waals surface area contributed by atoms with Gasteiger partial charge in [0.25, 0.3) is 0 Å². The van der Waals surface area contributed by atoms with Crippen LogP contribution < -0.4 is 10.6 Å². The normalized spacial score (nSPS) is 18.6. The molecule has 1 atom stereocenters. The zero-order valence-electron chi connectivity index (χ0n) is 10.7. The van der Waals surface area contributed by atoms with Gasteiger partial charge in [0.1, 0.15) is 0 Å². The minimum atomic E-state index is -0.277. The second kappa shape index (κ2) is 6.93. The number of nitrogens with two attached hydrogens (primary N) is 1. The number of rotatable bonds is 4. The Bertz CT molecular complexity index is 481. The maximum atomic E-state index is 12.2. The van der Waals surface area contributed by atoms with E-state index in [1.165, 1.54) is 16.7 Å². The lowest BCUT2D eigenvalue weighted by Gasteiger charge is -2.17. The van der Waals surface area contributed by atoms with Crippen LogP contribution in [0.3, 0.4) is 0 Å². The number of hydrogen-bond donors (Lipinski definition) is 1. The quantitative estimate of drug-likeness (QED) is 0.860. The van der Waals surface area contributed by atoms with Gasteiger partial charge in [-0.2, -0.15) is 0 Å². The minimum Gasteiger partial charge on any atom is -0.330 e. The van der Waals surface area contributed by atoms with Crippen molar-refractivity contribution in [3.63, 3.8) is 0 Å². The average Bonchev–Trinajstić information content (AvgIpc) is 2.63. The number of carbonyl (C=O) groups is 2. The molecule has 1 fully saturated rings. The van der Waals surface area contributed by atoms with Crippen molar-refractivity contribution in [1.82, 2.24) is 0 Å². The number of amides is 2. The van der Waals surface area contributed by atoms with E-state index in [1.54, 1.807) is 6.07 Å². The molecule has 1 unspecified atom stereocenters. The van der Waals surface area contributed by atoms with Crippen LogP contribution in [0.15, 0.2) is 24.3 Å². The van der Waals surface area contributed by atoms with Crippen LogP contribution in [0.4, 0.5) is 5.69 Å². The molecule has 1 aromatic rings. The molecule has 2 amide bonds. The Morgan fingerprint density at radius 1 is 1.37 bits per heavy atom. The van der Waals surface area contributed by atoms with Crippen molar-refractivity contribution in [3.05, 3.63) is 29.8 Å². The number of anilines is 1. The lowest BCUT2D eigenvalue weighted by molar-refractivity contribution is -0.121. The third-order valence-corrected chi connectivity index (χ3v) is 4.14. The molecular formula is C13H17ClN2O2S. The Balaban J connectivity index is 0.00000180. The number of para-hydroxylation sites is 1. The molecule has 0 aliphatic carbocycles. The van der Waals surface area contributed by atoms with Crippen molar-refractivity contribution in [2.45, 2.75) is 18.6 Å². The molecule has 1 aliphatic heterocycles. The molecule has 1 saturated heterocycles. The predicted octanol–water partition coefficient (Wildman–Crippen LogP) is 1.74. The molecule has 2 N–H and O–H groups in total. The second-order valence-electron chi connectivity index (χ2n) is 4.21. The highest BCUT2D eigenvalue weighted by Gasteiger charge is 2.39. The summed E-state index contributed by atoms with van der Waals surface area (Å²) in [7, 11) is 0. The summed E-state index contributed by atoms with van der Waals surface area (Å²) in [5.74, 6) is 0.460. The molecule has 1 heterocycles. The van der Waals surface area contributed by atoms with Crippen molar-refractivity contribution in [3.8, 4) is 0 Å². The molecule has 0 bridgehead atoms. The number of benzene rings is 1. The fourth-order valence-electron chi connectivity index (χ4n) is 2.01. The maximum absolute atomic E-state index is 12.2. The summed E-state index contributed by atoms with van der Waals surface area (Å²) in [6.45, 7) is 2.42. The van der Waals surface area contributed by atoms with Crippen molar-refractivity contribution in [1.29, 1.82) is 0 Å². The van der Waals surface area contributed by atoms with Crippen LogP contribution in [0.2, 0.25) is 0 Å². The Morgan fingerprint density at radius 2 is 2.05 bits per heavy atom. The summed E-state index contributed by atoms with van der Waals surface area (Å²) in [5, 5.41) is -0.277. The van der Waals surface area contributed by atoms with Crippen LogP contribution in [0.5, 0.6) is 0 Å². The Labute approximate surface area is 123 Å². The number of hydrogen-bond acceptors (Lipinski definition) is 4. The van der Waals surface area contributed by atoms with Crippen molar-refractivity contribution < 1.29 is 9.59 Å². The molecule has 4 nitrogen and oxygen atoms in total. The standard InChI is InChI=1S/C13H16N2O2S.ClH/c1-9-4-2-3-5-10(9)15-12(16)8-11(13(15)17)18-7-6-14;/h2-5,11H,6-8,14H2,1H3;1H. The van der Waals surface area contributed by atoms with Gasteiger partial charge in [-0.3, -0.25) is 9.59 Å². The van der Waals surface area contributed by atoms with E-state index in [0.717, 1.165) is 5.56 Å². The summed E-state index contributed by atoms with van der Waals surface area (Å²) >= 11 is 1.46. The van der Waals surface area contributed by atoms with Gasteiger partial charge in [0.2, 0.25) is 11.8 Å². The van der Waals surface area contributed by atoms with Crippen molar-refractivity contribution in [2.75, 3.05) is 17.2 Å². The SMILES string of the molecule is Cc1ccccc1N1C(=O)CC(SCCN)C1=O.Cl. The Kier molecular flexibility index (Phi) is 5.85. The second-order valence-corrected chi connectivity index (χ2v) is 5.52. The molecule has 0 radical (unpaired) electrons. The molecule has 0 saturated carbocycles. The monoisotopic (exact) mass is 300 g/mol. The third kappa shape index (κ3) is 3.29. The Hall–Kier alpha value is -1.04. The molecular weight excluding hydrogens is 284 g/mol. The highest BCUT2D eigenvalue weighted by Crippen LogP contribution is 2.30. The zero-order valence-corrected chi connectivity index (χ0v) is 12.3. The van der Waals surface area contributed by atoms with Gasteiger partial charge in [0, 0.05) is 18.7 Å². The van der Waals surface area contributed by atoms with Crippen LogP contribution in [0.1, 0.15) is 12.0 Å². The summed E-state index contributed by atoms with van der Waals surface area (Å²) in [6.07, 6.45) is 0.276. The van der Waals surface area contributed by atoms with E-state index < -0.39 is 0 Å². The topological polar surface area (TPSA) is 63.4 Å². The lowest BCUT2D eigenvalue weighted by atomic mass is 10.2. The van der Waals surface area contributed by atoms with Crippen LogP contribution in [0, 0.1) is 6.92 Å². The molecule has 0 spiro atoms. The molecule has 2 rings (SSSR count).